The van der Waals surface area contributed by atoms with E-state index in [1.165, 1.54) is 5.56 Å². The molecule has 2 N–H and O–H groups in total. The Hall–Kier alpha value is -2.49. The molecule has 0 aromatic heterocycles. The molecule has 1 aliphatic heterocycles. The number of aliphatic imine (C=N–C) groups is 1. The zero-order valence-electron chi connectivity index (χ0n) is 12.0. The van der Waals surface area contributed by atoms with E-state index < -0.39 is 0 Å². The van der Waals surface area contributed by atoms with Crippen LogP contribution >= 0.6 is 0 Å². The molecule has 1 heterocycles. The maximum atomic E-state index is 5.65. The molecule has 1 unspecified atom stereocenters. The van der Waals surface area contributed by atoms with E-state index in [9.17, 15) is 0 Å². The number of fused-ring (bicyclic) bond motifs is 1. The Morgan fingerprint density at radius 2 is 1.86 bits per heavy atom. The summed E-state index contributed by atoms with van der Waals surface area (Å²) in [5.74, 6) is 1.69. The first kappa shape index (κ1) is 13.5. The van der Waals surface area contributed by atoms with Crippen LogP contribution in [0.2, 0.25) is 0 Å². The number of anilines is 1. The second kappa shape index (κ2) is 6.31. The topological polar surface area (TPSA) is 45.7 Å². The van der Waals surface area contributed by atoms with Crippen molar-refractivity contribution in [1.82, 2.24) is 5.32 Å². The summed E-state index contributed by atoms with van der Waals surface area (Å²) in [7, 11) is 0. The highest BCUT2D eigenvalue weighted by atomic mass is 16.5. The van der Waals surface area contributed by atoms with E-state index in [-0.39, 0.29) is 6.04 Å². The van der Waals surface area contributed by atoms with Crippen LogP contribution < -0.4 is 15.4 Å². The molecule has 0 aliphatic carbocycles. The molecule has 21 heavy (non-hydrogen) atoms. The molecule has 108 valence electrons. The predicted octanol–water partition coefficient (Wildman–Crippen LogP) is 3.20. The zero-order chi connectivity index (χ0) is 14.5. The van der Waals surface area contributed by atoms with E-state index in [4.69, 9.17) is 4.74 Å². The minimum atomic E-state index is 0.167. The van der Waals surface area contributed by atoms with Crippen molar-refractivity contribution in [1.29, 1.82) is 0 Å². The first-order valence-corrected chi connectivity index (χ1v) is 7.18. The molecule has 0 saturated heterocycles. The molecule has 4 heteroatoms. The number of benzene rings is 2. The fourth-order valence-electron chi connectivity index (χ4n) is 2.34. The quantitative estimate of drug-likeness (QED) is 0.846. The van der Waals surface area contributed by atoms with Crippen molar-refractivity contribution in [3.8, 4) is 5.75 Å². The number of hydrogen-bond acceptors (Lipinski definition) is 4. The second-order valence-electron chi connectivity index (χ2n) is 4.95. The van der Waals surface area contributed by atoms with Crippen LogP contribution in [0.25, 0.3) is 0 Å². The average molecular weight is 281 g/mol. The van der Waals surface area contributed by atoms with Gasteiger partial charge in [-0.1, -0.05) is 36.4 Å². The zero-order valence-corrected chi connectivity index (χ0v) is 12.0. The molecule has 0 saturated carbocycles. The summed E-state index contributed by atoms with van der Waals surface area (Å²) < 4.78 is 5.65. The molecule has 0 spiro atoms. The Balaban J connectivity index is 1.51. The number of nitrogens with zero attached hydrogens (tertiary/aromatic N) is 1. The van der Waals surface area contributed by atoms with E-state index in [1.54, 1.807) is 0 Å². The summed E-state index contributed by atoms with van der Waals surface area (Å²) in [4.78, 5) is 4.61. The van der Waals surface area contributed by atoms with Crippen LogP contribution in [-0.4, -0.2) is 19.1 Å². The van der Waals surface area contributed by atoms with Gasteiger partial charge in [0.2, 0.25) is 0 Å². The van der Waals surface area contributed by atoms with Gasteiger partial charge >= 0.3 is 0 Å². The van der Waals surface area contributed by atoms with E-state index >= 15 is 0 Å². The summed E-state index contributed by atoms with van der Waals surface area (Å²) in [5, 5.41) is 6.59. The summed E-state index contributed by atoms with van der Waals surface area (Å²) in [6.07, 6.45) is 0. The predicted molar refractivity (Wildman–Crippen MR) is 85.9 cm³/mol. The fraction of sp³-hybridized carbons (Fsp3) is 0.235. The van der Waals surface area contributed by atoms with E-state index in [0.717, 1.165) is 17.4 Å². The van der Waals surface area contributed by atoms with Crippen LogP contribution in [0.1, 0.15) is 18.5 Å². The molecule has 0 fully saturated rings. The van der Waals surface area contributed by atoms with Gasteiger partial charge in [0, 0.05) is 5.69 Å². The summed E-state index contributed by atoms with van der Waals surface area (Å²) in [6.45, 7) is 3.40. The highest BCUT2D eigenvalue weighted by molar-refractivity contribution is 5.96. The van der Waals surface area contributed by atoms with Gasteiger partial charge in [0.05, 0.1) is 12.6 Å². The number of hydrogen-bond donors (Lipinski definition) is 2. The molecule has 2 aromatic rings. The minimum Gasteiger partial charge on any atom is -0.492 e. The van der Waals surface area contributed by atoms with Crippen molar-refractivity contribution in [2.45, 2.75) is 13.0 Å². The largest absolute Gasteiger partial charge is 0.492 e. The third-order valence-electron chi connectivity index (χ3n) is 3.39. The van der Waals surface area contributed by atoms with Crippen LogP contribution in [0.5, 0.6) is 5.75 Å². The van der Waals surface area contributed by atoms with Gasteiger partial charge in [-0.3, -0.25) is 0 Å². The van der Waals surface area contributed by atoms with E-state index in [0.29, 0.717) is 13.2 Å². The van der Waals surface area contributed by atoms with Crippen molar-refractivity contribution in [2.75, 3.05) is 18.5 Å². The third-order valence-corrected chi connectivity index (χ3v) is 3.39. The van der Waals surface area contributed by atoms with Crippen molar-refractivity contribution in [3.05, 3.63) is 60.2 Å². The van der Waals surface area contributed by atoms with Gasteiger partial charge in [-0.05, 0) is 30.7 Å². The molecule has 0 radical (unpaired) electrons. The Kier molecular flexibility index (Phi) is 4.05. The smallest absolute Gasteiger partial charge is 0.196 e. The average Bonchev–Trinajstić information content (AvgIpc) is 2.53. The highest BCUT2D eigenvalue weighted by Crippen LogP contribution is 2.28. The van der Waals surface area contributed by atoms with Crippen LogP contribution in [0.4, 0.5) is 5.69 Å². The summed E-state index contributed by atoms with van der Waals surface area (Å²) in [5.41, 5.74) is 2.34. The van der Waals surface area contributed by atoms with Gasteiger partial charge in [-0.25, -0.2) is 4.99 Å². The summed E-state index contributed by atoms with van der Waals surface area (Å²) >= 11 is 0. The monoisotopic (exact) mass is 281 g/mol. The molecule has 0 amide bonds. The Morgan fingerprint density at radius 3 is 2.71 bits per heavy atom. The summed E-state index contributed by atoms with van der Waals surface area (Å²) in [6, 6.07) is 18.2. The Labute approximate surface area is 124 Å². The molecular formula is C17H19N3O. The SMILES string of the molecule is CC1N=C(NCCOc2ccccc2)Nc2ccccc21. The number of para-hydroxylation sites is 2. The first-order chi connectivity index (χ1) is 10.3. The fourth-order valence-corrected chi connectivity index (χ4v) is 2.34. The molecule has 2 aromatic carbocycles. The standard InChI is InChI=1S/C17H19N3O/c1-13-15-9-5-6-10-16(15)20-17(19-13)18-11-12-21-14-7-3-2-4-8-14/h2-10,13H,11-12H2,1H3,(H2,18,19,20). The van der Waals surface area contributed by atoms with E-state index in [2.05, 4.69) is 34.7 Å². The lowest BCUT2D eigenvalue weighted by Crippen LogP contribution is -2.36. The molecule has 3 rings (SSSR count). The molecule has 1 aliphatic rings. The van der Waals surface area contributed by atoms with Gasteiger partial charge in [0.25, 0.3) is 0 Å². The van der Waals surface area contributed by atoms with Crippen LogP contribution in [-0.2, 0) is 0 Å². The Morgan fingerprint density at radius 1 is 1.10 bits per heavy atom. The maximum Gasteiger partial charge on any atom is 0.196 e. The third kappa shape index (κ3) is 3.34. The first-order valence-electron chi connectivity index (χ1n) is 7.18. The van der Waals surface area contributed by atoms with Gasteiger partial charge in [-0.15, -0.1) is 0 Å². The lowest BCUT2D eigenvalue weighted by Gasteiger charge is -2.23. The lowest BCUT2D eigenvalue weighted by molar-refractivity contribution is 0.322. The van der Waals surface area contributed by atoms with Gasteiger partial charge in [0.1, 0.15) is 12.4 Å². The van der Waals surface area contributed by atoms with Crippen LogP contribution in [0.3, 0.4) is 0 Å². The van der Waals surface area contributed by atoms with Gasteiger partial charge in [-0.2, -0.15) is 0 Å². The lowest BCUT2D eigenvalue weighted by atomic mass is 10.1. The number of guanidine groups is 1. The Bertz CT molecular complexity index is 625. The number of rotatable bonds is 4. The maximum absolute atomic E-state index is 5.65. The molecule has 1 atom stereocenters. The van der Waals surface area contributed by atoms with Crippen molar-refractivity contribution in [3.63, 3.8) is 0 Å². The number of ether oxygens (including phenoxy) is 1. The van der Waals surface area contributed by atoms with Crippen molar-refractivity contribution < 1.29 is 4.74 Å². The molecule has 4 nitrogen and oxygen atoms in total. The normalized spacial score (nSPS) is 16.4. The van der Waals surface area contributed by atoms with Crippen molar-refractivity contribution in [2.24, 2.45) is 4.99 Å². The van der Waals surface area contributed by atoms with E-state index in [1.807, 2.05) is 42.5 Å². The van der Waals surface area contributed by atoms with Crippen molar-refractivity contribution >= 4 is 11.6 Å². The number of nitrogens with one attached hydrogen (secondary N) is 2. The van der Waals surface area contributed by atoms with Gasteiger partial charge < -0.3 is 15.4 Å². The minimum absolute atomic E-state index is 0.167. The van der Waals surface area contributed by atoms with Crippen LogP contribution in [0.15, 0.2) is 59.6 Å². The molecule has 0 bridgehead atoms. The van der Waals surface area contributed by atoms with Crippen LogP contribution in [0, 0.1) is 0 Å². The highest BCUT2D eigenvalue weighted by Gasteiger charge is 2.16. The van der Waals surface area contributed by atoms with Gasteiger partial charge in [0.15, 0.2) is 5.96 Å². The molecular weight excluding hydrogens is 262 g/mol. The second-order valence-corrected chi connectivity index (χ2v) is 4.95.